The maximum Gasteiger partial charge on any atom is 0.159 e. The third-order valence-electron chi connectivity index (χ3n) is 3.25. The third-order valence-corrected chi connectivity index (χ3v) is 3.54. The van der Waals surface area contributed by atoms with E-state index < -0.39 is 5.82 Å². The molecule has 0 aliphatic carbocycles. The van der Waals surface area contributed by atoms with E-state index in [0.29, 0.717) is 23.0 Å². The maximum atomic E-state index is 13.2. The molecule has 0 fully saturated rings. The number of hydrogen-bond donors (Lipinski definition) is 2. The number of nitrogens with two attached hydrogens (primary N) is 1. The molecular formula is C15H19ClFN5. The minimum atomic E-state index is -0.470. The Balaban J connectivity index is 2.22. The Morgan fingerprint density at radius 3 is 2.82 bits per heavy atom. The van der Waals surface area contributed by atoms with Gasteiger partial charge in [-0.3, -0.25) is 0 Å². The van der Waals surface area contributed by atoms with Crippen molar-refractivity contribution in [1.82, 2.24) is 9.97 Å². The van der Waals surface area contributed by atoms with Gasteiger partial charge in [-0.05, 0) is 24.6 Å². The van der Waals surface area contributed by atoms with E-state index in [4.69, 9.17) is 17.3 Å². The third kappa shape index (κ3) is 3.76. The predicted molar refractivity (Wildman–Crippen MR) is 89.3 cm³/mol. The number of nitrogens with zero attached hydrogens (tertiary/aromatic N) is 3. The van der Waals surface area contributed by atoms with E-state index in [-0.39, 0.29) is 5.02 Å². The van der Waals surface area contributed by atoms with Gasteiger partial charge in [0.05, 0.1) is 5.02 Å². The van der Waals surface area contributed by atoms with Gasteiger partial charge in [-0.2, -0.15) is 0 Å². The first-order valence-corrected chi connectivity index (χ1v) is 7.44. The number of halogens is 2. The molecule has 0 saturated carbocycles. The molecule has 0 bridgehead atoms. The van der Waals surface area contributed by atoms with Gasteiger partial charge in [-0.15, -0.1) is 0 Å². The highest BCUT2D eigenvalue weighted by Gasteiger charge is 2.12. The van der Waals surface area contributed by atoms with Gasteiger partial charge in [0, 0.05) is 19.3 Å². The fourth-order valence-corrected chi connectivity index (χ4v) is 2.18. The van der Waals surface area contributed by atoms with E-state index in [1.165, 1.54) is 18.5 Å². The van der Waals surface area contributed by atoms with Crippen LogP contribution in [0.25, 0.3) is 0 Å². The molecule has 0 atom stereocenters. The number of nitrogens with one attached hydrogen (secondary N) is 1. The van der Waals surface area contributed by atoms with E-state index in [9.17, 15) is 4.39 Å². The minimum absolute atomic E-state index is 0.0397. The van der Waals surface area contributed by atoms with Crippen LogP contribution in [0.4, 0.5) is 27.4 Å². The van der Waals surface area contributed by atoms with Crippen LogP contribution in [0.5, 0.6) is 0 Å². The van der Waals surface area contributed by atoms with Crippen LogP contribution in [0.1, 0.15) is 19.8 Å². The lowest BCUT2D eigenvalue weighted by molar-refractivity contribution is 0.628. The molecule has 0 aliphatic heterocycles. The fourth-order valence-electron chi connectivity index (χ4n) is 2.00. The van der Waals surface area contributed by atoms with Gasteiger partial charge >= 0.3 is 0 Å². The average molecular weight is 324 g/mol. The molecule has 0 radical (unpaired) electrons. The van der Waals surface area contributed by atoms with Gasteiger partial charge in [-0.1, -0.05) is 24.9 Å². The number of unbranched alkanes of at least 4 members (excludes halogenated alkanes) is 1. The summed E-state index contributed by atoms with van der Waals surface area (Å²) in [7, 11) is 1.94. The van der Waals surface area contributed by atoms with Gasteiger partial charge in [0.1, 0.15) is 17.8 Å². The summed E-state index contributed by atoms with van der Waals surface area (Å²) < 4.78 is 13.2. The molecule has 5 nitrogen and oxygen atoms in total. The van der Waals surface area contributed by atoms with Crippen LogP contribution in [0.15, 0.2) is 24.5 Å². The average Bonchev–Trinajstić information content (AvgIpc) is 2.50. The molecule has 2 rings (SSSR count). The van der Waals surface area contributed by atoms with E-state index in [1.807, 2.05) is 11.9 Å². The second kappa shape index (κ2) is 7.26. The second-order valence-corrected chi connectivity index (χ2v) is 5.40. The highest BCUT2D eigenvalue weighted by molar-refractivity contribution is 6.31. The Morgan fingerprint density at radius 1 is 1.36 bits per heavy atom. The lowest BCUT2D eigenvalue weighted by Crippen LogP contribution is -2.21. The van der Waals surface area contributed by atoms with Crippen molar-refractivity contribution in [3.8, 4) is 0 Å². The summed E-state index contributed by atoms with van der Waals surface area (Å²) in [5.41, 5.74) is 7.19. The van der Waals surface area contributed by atoms with Crippen LogP contribution in [0.2, 0.25) is 5.02 Å². The molecular weight excluding hydrogens is 305 g/mol. The topological polar surface area (TPSA) is 67.1 Å². The zero-order valence-corrected chi connectivity index (χ0v) is 13.4. The van der Waals surface area contributed by atoms with E-state index >= 15 is 0 Å². The maximum absolute atomic E-state index is 13.2. The number of aromatic nitrogens is 2. The molecule has 118 valence electrons. The highest BCUT2D eigenvalue weighted by Crippen LogP contribution is 2.29. The van der Waals surface area contributed by atoms with E-state index in [1.54, 1.807) is 6.07 Å². The molecule has 2 aromatic rings. The number of rotatable bonds is 6. The summed E-state index contributed by atoms with van der Waals surface area (Å²) in [5, 5.41) is 3.08. The molecule has 7 heteroatoms. The van der Waals surface area contributed by atoms with Crippen molar-refractivity contribution in [3.63, 3.8) is 0 Å². The summed E-state index contributed by atoms with van der Waals surface area (Å²) >= 11 is 5.77. The first kappa shape index (κ1) is 16.3. The van der Waals surface area contributed by atoms with Crippen molar-refractivity contribution in [3.05, 3.63) is 35.4 Å². The minimum Gasteiger partial charge on any atom is -0.393 e. The van der Waals surface area contributed by atoms with Crippen LogP contribution in [-0.2, 0) is 0 Å². The summed E-state index contributed by atoms with van der Waals surface area (Å²) in [6, 6.07) is 4.35. The van der Waals surface area contributed by atoms with Crippen LogP contribution in [0, 0.1) is 5.82 Å². The van der Waals surface area contributed by atoms with Crippen molar-refractivity contribution in [1.29, 1.82) is 0 Å². The Morgan fingerprint density at radius 2 is 2.14 bits per heavy atom. The number of benzene rings is 1. The van der Waals surface area contributed by atoms with Crippen LogP contribution >= 0.6 is 11.6 Å². The summed E-state index contributed by atoms with van der Waals surface area (Å²) in [6.45, 7) is 2.99. The largest absolute Gasteiger partial charge is 0.393 e. The summed E-state index contributed by atoms with van der Waals surface area (Å²) in [5.74, 6) is 0.665. The molecule has 0 unspecified atom stereocenters. The van der Waals surface area contributed by atoms with Crippen LogP contribution in [0.3, 0.4) is 0 Å². The highest BCUT2D eigenvalue weighted by atomic mass is 35.5. The Kier molecular flexibility index (Phi) is 5.38. The predicted octanol–water partition coefficient (Wildman–Crippen LogP) is 3.83. The van der Waals surface area contributed by atoms with Crippen molar-refractivity contribution in [2.24, 2.45) is 0 Å². The first-order valence-electron chi connectivity index (χ1n) is 7.06. The van der Waals surface area contributed by atoms with Gasteiger partial charge in [-0.25, -0.2) is 14.4 Å². The SMILES string of the molecule is CCCCN(C)c1ncnc(Nc2ccc(F)c(Cl)c2)c1N. The lowest BCUT2D eigenvalue weighted by atomic mass is 10.3. The zero-order valence-electron chi connectivity index (χ0n) is 12.6. The van der Waals surface area contributed by atoms with Crippen molar-refractivity contribution in [2.45, 2.75) is 19.8 Å². The Bertz CT molecular complexity index is 650. The van der Waals surface area contributed by atoms with Crippen molar-refractivity contribution in [2.75, 3.05) is 29.5 Å². The van der Waals surface area contributed by atoms with Gasteiger partial charge in [0.2, 0.25) is 0 Å². The number of nitrogen functional groups attached to an aromatic ring is 1. The van der Waals surface area contributed by atoms with E-state index in [0.717, 1.165) is 19.4 Å². The molecule has 0 amide bonds. The molecule has 1 heterocycles. The standard InChI is InChI=1S/C15H19ClFN5/c1-3-4-7-22(2)15-13(18)14(19-9-20-15)21-10-5-6-12(17)11(16)8-10/h5-6,8-9H,3-4,7,18H2,1-2H3,(H,19,20,21). The van der Waals surface area contributed by atoms with Crippen LogP contribution in [-0.4, -0.2) is 23.6 Å². The molecule has 1 aromatic heterocycles. The molecule has 3 N–H and O–H groups in total. The molecule has 0 aliphatic rings. The van der Waals surface area contributed by atoms with Crippen molar-refractivity contribution >= 4 is 34.6 Å². The molecule has 0 spiro atoms. The molecule has 1 aromatic carbocycles. The fraction of sp³-hybridized carbons (Fsp3) is 0.333. The first-order chi connectivity index (χ1) is 10.5. The number of hydrogen-bond acceptors (Lipinski definition) is 5. The normalized spacial score (nSPS) is 10.5. The van der Waals surface area contributed by atoms with Gasteiger partial charge in [0.25, 0.3) is 0 Å². The van der Waals surface area contributed by atoms with Crippen molar-refractivity contribution < 1.29 is 4.39 Å². The summed E-state index contributed by atoms with van der Waals surface area (Å²) in [6.07, 6.45) is 3.59. The zero-order chi connectivity index (χ0) is 16.1. The smallest absolute Gasteiger partial charge is 0.159 e. The molecule has 0 saturated heterocycles. The lowest BCUT2D eigenvalue weighted by Gasteiger charge is -2.20. The second-order valence-electron chi connectivity index (χ2n) is 4.99. The number of anilines is 4. The monoisotopic (exact) mass is 323 g/mol. The molecule has 22 heavy (non-hydrogen) atoms. The Hall–Kier alpha value is -2.08. The van der Waals surface area contributed by atoms with Gasteiger partial charge < -0.3 is 16.0 Å². The van der Waals surface area contributed by atoms with Gasteiger partial charge in [0.15, 0.2) is 11.6 Å². The quantitative estimate of drug-likeness (QED) is 0.845. The van der Waals surface area contributed by atoms with Crippen LogP contribution < -0.4 is 16.0 Å². The van der Waals surface area contributed by atoms with E-state index in [2.05, 4.69) is 22.2 Å². The summed E-state index contributed by atoms with van der Waals surface area (Å²) in [4.78, 5) is 10.4. The Labute approximate surface area is 134 Å².